The van der Waals surface area contributed by atoms with Gasteiger partial charge in [-0.3, -0.25) is 0 Å². The van der Waals surface area contributed by atoms with Gasteiger partial charge in [-0.25, -0.2) is 4.58 Å². The molecular weight excluding hydrogens is 174 g/mol. The molecule has 0 radical (unpaired) electrons. The monoisotopic (exact) mass is 192 g/mol. The van der Waals surface area contributed by atoms with E-state index in [2.05, 4.69) is 18.5 Å². The number of fused-ring (bicyclic) bond motifs is 1. The molecule has 2 heteroatoms. The van der Waals surface area contributed by atoms with Crippen LogP contribution in [0, 0.1) is 23.7 Å². The van der Waals surface area contributed by atoms with Gasteiger partial charge in [0.2, 0.25) is 0 Å². The van der Waals surface area contributed by atoms with Gasteiger partial charge in [-0.2, -0.15) is 0 Å². The summed E-state index contributed by atoms with van der Waals surface area (Å²) in [6, 6.07) is 0. The van der Waals surface area contributed by atoms with Crippen LogP contribution in [0.25, 0.3) is 0 Å². The van der Waals surface area contributed by atoms with Gasteiger partial charge in [-0.05, 0) is 6.42 Å². The summed E-state index contributed by atoms with van der Waals surface area (Å²) >= 11 is 0. The van der Waals surface area contributed by atoms with E-state index in [0.29, 0.717) is 11.5 Å². The first-order valence-electron chi connectivity index (χ1n) is 5.94. The Hall–Kier alpha value is -0.370. The molecule has 1 N–H and O–H groups in total. The molecule has 0 aromatic carbocycles. The van der Waals surface area contributed by atoms with Crippen molar-refractivity contribution in [2.24, 2.45) is 23.7 Å². The van der Waals surface area contributed by atoms with E-state index in [4.69, 9.17) is 0 Å². The van der Waals surface area contributed by atoms with Crippen LogP contribution in [0.4, 0.5) is 0 Å². The first-order chi connectivity index (χ1) is 6.65. The molecule has 0 aliphatic heterocycles. The number of hydrogen-bond donors (Lipinski definition) is 1. The Morgan fingerprint density at radius 2 is 2.00 bits per heavy atom. The molecule has 4 unspecified atom stereocenters. The molecule has 76 valence electrons. The quantitative estimate of drug-likeness (QED) is 0.645. The van der Waals surface area contributed by atoms with Crippen LogP contribution in [-0.2, 0) is 0 Å². The fourth-order valence-electron chi connectivity index (χ4n) is 3.59. The van der Waals surface area contributed by atoms with Crippen molar-refractivity contribution in [1.82, 2.24) is 0 Å². The van der Waals surface area contributed by atoms with Gasteiger partial charge >= 0.3 is 0 Å². The van der Waals surface area contributed by atoms with Gasteiger partial charge in [0.05, 0.1) is 12.0 Å². The standard InChI is InChI=1S/C12H18NO/c1-6-10(8-3-9(8)14)11(6)13(2)12-4-7(12)5-12/h6-10,14H,3-5H2,1-2H3/q+1/b13-11-. The average Bonchev–Trinajstić information content (AvgIpc) is 2.83. The molecule has 0 bridgehead atoms. The van der Waals surface area contributed by atoms with Gasteiger partial charge in [0, 0.05) is 30.6 Å². The van der Waals surface area contributed by atoms with Gasteiger partial charge in [-0.15, -0.1) is 0 Å². The zero-order valence-corrected chi connectivity index (χ0v) is 8.90. The van der Waals surface area contributed by atoms with Crippen molar-refractivity contribution in [2.75, 3.05) is 7.05 Å². The highest BCUT2D eigenvalue weighted by molar-refractivity contribution is 6.00. The Labute approximate surface area is 84.6 Å². The van der Waals surface area contributed by atoms with Crippen LogP contribution < -0.4 is 0 Å². The largest absolute Gasteiger partial charge is 0.393 e. The minimum absolute atomic E-state index is 0.0278. The van der Waals surface area contributed by atoms with Crippen molar-refractivity contribution in [3.8, 4) is 0 Å². The molecule has 0 amide bonds. The van der Waals surface area contributed by atoms with E-state index in [-0.39, 0.29) is 6.10 Å². The van der Waals surface area contributed by atoms with Crippen molar-refractivity contribution < 1.29 is 9.68 Å². The van der Waals surface area contributed by atoms with Gasteiger partial charge < -0.3 is 5.11 Å². The summed E-state index contributed by atoms with van der Waals surface area (Å²) in [5.74, 6) is 3.16. The molecule has 4 fully saturated rings. The Morgan fingerprint density at radius 1 is 1.43 bits per heavy atom. The van der Waals surface area contributed by atoms with Gasteiger partial charge in [0.1, 0.15) is 7.05 Å². The molecule has 0 saturated heterocycles. The second-order valence-corrected chi connectivity index (χ2v) is 5.97. The maximum absolute atomic E-state index is 9.45. The van der Waals surface area contributed by atoms with Crippen molar-refractivity contribution in [1.29, 1.82) is 0 Å². The zero-order valence-electron chi connectivity index (χ0n) is 8.90. The van der Waals surface area contributed by atoms with Crippen LogP contribution in [0.15, 0.2) is 0 Å². The molecule has 0 heterocycles. The van der Waals surface area contributed by atoms with E-state index in [1.54, 1.807) is 5.71 Å². The van der Waals surface area contributed by atoms with Gasteiger partial charge in [0.25, 0.3) is 0 Å². The van der Waals surface area contributed by atoms with Gasteiger partial charge in [0.15, 0.2) is 11.3 Å². The summed E-state index contributed by atoms with van der Waals surface area (Å²) < 4.78 is 2.58. The van der Waals surface area contributed by atoms with E-state index in [1.807, 2.05) is 0 Å². The lowest BCUT2D eigenvalue weighted by molar-refractivity contribution is -0.534. The molecule has 4 atom stereocenters. The fourth-order valence-corrected chi connectivity index (χ4v) is 3.59. The van der Waals surface area contributed by atoms with Crippen molar-refractivity contribution >= 4 is 5.71 Å². The zero-order chi connectivity index (χ0) is 9.66. The smallest absolute Gasteiger partial charge is 0.166 e. The van der Waals surface area contributed by atoms with Crippen LogP contribution in [0.2, 0.25) is 0 Å². The van der Waals surface area contributed by atoms with E-state index in [9.17, 15) is 5.11 Å². The van der Waals surface area contributed by atoms with E-state index < -0.39 is 0 Å². The van der Waals surface area contributed by atoms with Crippen LogP contribution in [0.5, 0.6) is 0 Å². The Morgan fingerprint density at radius 3 is 2.43 bits per heavy atom. The first-order valence-corrected chi connectivity index (χ1v) is 5.94. The number of rotatable bonds is 2. The number of hydrogen-bond acceptors (Lipinski definition) is 1. The van der Waals surface area contributed by atoms with E-state index >= 15 is 0 Å². The molecule has 0 aromatic heterocycles. The third kappa shape index (κ3) is 0.758. The second kappa shape index (κ2) is 1.95. The summed E-state index contributed by atoms with van der Waals surface area (Å²) in [6.07, 6.45) is 3.97. The van der Waals surface area contributed by atoms with Crippen molar-refractivity contribution in [3.05, 3.63) is 0 Å². The SMILES string of the molecule is CC1/C(=[N+](\C)C23CC2C3)C1C1CC1O. The van der Waals surface area contributed by atoms with Crippen molar-refractivity contribution in [2.45, 2.75) is 37.8 Å². The predicted molar refractivity (Wildman–Crippen MR) is 53.4 cm³/mol. The average molecular weight is 192 g/mol. The number of aliphatic hydroxyl groups is 1. The molecule has 2 nitrogen and oxygen atoms in total. The summed E-state index contributed by atoms with van der Waals surface area (Å²) in [5.41, 5.74) is 2.30. The fraction of sp³-hybridized carbons (Fsp3) is 0.917. The van der Waals surface area contributed by atoms with Crippen molar-refractivity contribution in [3.63, 3.8) is 0 Å². The Balaban J connectivity index is 1.61. The van der Waals surface area contributed by atoms with E-state index in [0.717, 1.165) is 24.2 Å². The number of nitrogens with zero attached hydrogens (tertiary/aromatic N) is 1. The molecule has 14 heavy (non-hydrogen) atoms. The highest BCUT2D eigenvalue weighted by Gasteiger charge is 2.80. The highest BCUT2D eigenvalue weighted by Crippen LogP contribution is 2.70. The maximum atomic E-state index is 9.45. The molecule has 4 saturated carbocycles. The molecule has 4 aliphatic rings. The summed E-state index contributed by atoms with van der Waals surface area (Å²) in [6.45, 7) is 2.33. The Kier molecular flexibility index (Phi) is 1.09. The normalized spacial score (nSPS) is 65.8. The first kappa shape index (κ1) is 7.86. The Bertz CT molecular complexity index is 353. The van der Waals surface area contributed by atoms with E-state index in [1.165, 1.54) is 12.8 Å². The third-order valence-electron chi connectivity index (χ3n) is 5.20. The predicted octanol–water partition coefficient (Wildman–Crippen LogP) is 0.879. The maximum Gasteiger partial charge on any atom is 0.166 e. The molecule has 0 spiro atoms. The topological polar surface area (TPSA) is 23.2 Å². The van der Waals surface area contributed by atoms with Crippen LogP contribution in [0.1, 0.15) is 26.2 Å². The lowest BCUT2D eigenvalue weighted by Crippen LogP contribution is -2.19. The van der Waals surface area contributed by atoms with Crippen LogP contribution in [-0.4, -0.2) is 34.1 Å². The number of aliphatic hydroxyl groups excluding tert-OH is 1. The summed E-state index contributed by atoms with van der Waals surface area (Å²) in [4.78, 5) is 0. The molecule has 0 aromatic rings. The minimum atomic E-state index is 0.0278. The lowest BCUT2D eigenvalue weighted by atomic mass is 10.2. The second-order valence-electron chi connectivity index (χ2n) is 5.97. The summed E-state index contributed by atoms with van der Waals surface area (Å²) in [7, 11) is 2.29. The van der Waals surface area contributed by atoms with Crippen LogP contribution in [0.3, 0.4) is 0 Å². The highest BCUT2D eigenvalue weighted by atomic mass is 16.3. The minimum Gasteiger partial charge on any atom is -0.393 e. The molecule has 4 aliphatic carbocycles. The lowest BCUT2D eigenvalue weighted by Gasteiger charge is -1.98. The van der Waals surface area contributed by atoms with Crippen LogP contribution >= 0.6 is 0 Å². The summed E-state index contributed by atoms with van der Waals surface area (Å²) in [5, 5.41) is 9.45. The third-order valence-corrected chi connectivity index (χ3v) is 5.20. The molecule has 4 rings (SSSR count). The van der Waals surface area contributed by atoms with Gasteiger partial charge in [-0.1, -0.05) is 6.92 Å². The molecular formula is C12H18NO+.